The number of H-pyrrole nitrogens is 1. The van der Waals surface area contributed by atoms with Crippen molar-refractivity contribution in [2.45, 2.75) is 25.8 Å². The van der Waals surface area contributed by atoms with Crippen molar-refractivity contribution in [1.29, 1.82) is 0 Å². The highest BCUT2D eigenvalue weighted by Gasteiger charge is 2.26. The highest BCUT2D eigenvalue weighted by molar-refractivity contribution is 5.95. The van der Waals surface area contributed by atoms with Gasteiger partial charge in [-0.05, 0) is 31.9 Å². The number of anilines is 1. The molecule has 2 aliphatic rings. The Bertz CT molecular complexity index is 1210. The first kappa shape index (κ1) is 18.8. The minimum atomic E-state index is 0.713. The van der Waals surface area contributed by atoms with Crippen LogP contribution in [0.3, 0.4) is 0 Å². The summed E-state index contributed by atoms with van der Waals surface area (Å²) >= 11 is 0. The standard InChI is InChI=1S/C23H28N8/c1-16-12-21-22(28-16)19(2-5-25-21)20-14-27-31-15-18(13-26-23(20)31)29-8-3-17(4-9-29)30-10-6-24-7-11-30/h2,5,12-15,17,24,28H,3-4,6-11H2,1H3. The van der Waals surface area contributed by atoms with Gasteiger partial charge in [0, 0.05) is 68.3 Å². The second-order valence-electron chi connectivity index (χ2n) is 8.71. The lowest BCUT2D eigenvalue weighted by Crippen LogP contribution is -2.52. The quantitative estimate of drug-likeness (QED) is 0.534. The van der Waals surface area contributed by atoms with Crippen molar-refractivity contribution >= 4 is 22.4 Å². The minimum Gasteiger partial charge on any atom is -0.369 e. The van der Waals surface area contributed by atoms with Gasteiger partial charge < -0.3 is 15.2 Å². The molecular weight excluding hydrogens is 388 g/mol. The molecule has 6 rings (SSSR count). The molecule has 0 saturated carbocycles. The molecule has 4 aromatic rings. The molecule has 0 aromatic carbocycles. The molecule has 2 fully saturated rings. The van der Waals surface area contributed by atoms with Gasteiger partial charge >= 0.3 is 0 Å². The van der Waals surface area contributed by atoms with E-state index in [2.05, 4.69) is 49.4 Å². The molecule has 2 aliphatic heterocycles. The summed E-state index contributed by atoms with van der Waals surface area (Å²) in [5.74, 6) is 0. The number of hydrogen-bond donors (Lipinski definition) is 2. The van der Waals surface area contributed by atoms with Crippen molar-refractivity contribution in [3.63, 3.8) is 0 Å². The number of nitrogens with one attached hydrogen (secondary N) is 2. The summed E-state index contributed by atoms with van der Waals surface area (Å²) in [7, 11) is 0. The van der Waals surface area contributed by atoms with Crippen molar-refractivity contribution in [2.75, 3.05) is 44.2 Å². The summed E-state index contributed by atoms with van der Waals surface area (Å²) in [6, 6.07) is 4.82. The average Bonchev–Trinajstić information content (AvgIpc) is 3.41. The smallest absolute Gasteiger partial charge is 0.163 e. The fourth-order valence-corrected chi connectivity index (χ4v) is 5.14. The van der Waals surface area contributed by atoms with Crippen LogP contribution in [0.2, 0.25) is 0 Å². The van der Waals surface area contributed by atoms with Gasteiger partial charge in [0.1, 0.15) is 0 Å². The van der Waals surface area contributed by atoms with E-state index in [1.807, 2.05) is 29.2 Å². The van der Waals surface area contributed by atoms with Crippen LogP contribution in [-0.4, -0.2) is 74.8 Å². The summed E-state index contributed by atoms with van der Waals surface area (Å²) in [5.41, 5.74) is 7.25. The Morgan fingerprint density at radius 3 is 2.68 bits per heavy atom. The Kier molecular flexibility index (Phi) is 4.61. The predicted octanol–water partition coefficient (Wildman–Crippen LogP) is 2.46. The van der Waals surface area contributed by atoms with E-state index in [1.165, 1.54) is 25.9 Å². The Labute approximate surface area is 181 Å². The van der Waals surface area contributed by atoms with E-state index < -0.39 is 0 Å². The number of aromatic nitrogens is 5. The van der Waals surface area contributed by atoms with Gasteiger partial charge in [0.2, 0.25) is 0 Å². The molecule has 0 aliphatic carbocycles. The van der Waals surface area contributed by atoms with Crippen molar-refractivity contribution in [3.8, 4) is 11.1 Å². The molecule has 0 atom stereocenters. The first-order valence-corrected chi connectivity index (χ1v) is 11.2. The lowest BCUT2D eigenvalue weighted by Gasteiger charge is -2.40. The van der Waals surface area contributed by atoms with Gasteiger partial charge in [-0.2, -0.15) is 5.10 Å². The molecule has 0 radical (unpaired) electrons. The third-order valence-electron chi connectivity index (χ3n) is 6.79. The minimum absolute atomic E-state index is 0.713. The molecule has 4 aromatic heterocycles. The van der Waals surface area contributed by atoms with Crippen LogP contribution in [0, 0.1) is 6.92 Å². The van der Waals surface area contributed by atoms with Crippen molar-refractivity contribution in [2.24, 2.45) is 0 Å². The molecule has 2 saturated heterocycles. The molecule has 160 valence electrons. The highest BCUT2D eigenvalue weighted by Crippen LogP contribution is 2.31. The first-order chi connectivity index (χ1) is 15.3. The number of nitrogens with zero attached hydrogens (tertiary/aromatic N) is 6. The van der Waals surface area contributed by atoms with Gasteiger partial charge in [0.15, 0.2) is 5.65 Å². The van der Waals surface area contributed by atoms with Gasteiger partial charge in [-0.1, -0.05) is 0 Å². The van der Waals surface area contributed by atoms with E-state index in [9.17, 15) is 0 Å². The lowest BCUT2D eigenvalue weighted by molar-refractivity contribution is 0.150. The van der Waals surface area contributed by atoms with E-state index in [1.54, 1.807) is 0 Å². The van der Waals surface area contributed by atoms with Crippen LogP contribution in [0.1, 0.15) is 18.5 Å². The topological polar surface area (TPSA) is 77.4 Å². The van der Waals surface area contributed by atoms with Gasteiger partial charge in [0.05, 0.1) is 35.3 Å². The third kappa shape index (κ3) is 3.36. The van der Waals surface area contributed by atoms with Crippen molar-refractivity contribution in [1.82, 2.24) is 34.8 Å². The summed E-state index contributed by atoms with van der Waals surface area (Å²) in [5, 5.41) is 8.09. The lowest BCUT2D eigenvalue weighted by atomic mass is 10.0. The normalized spacial score (nSPS) is 18.9. The Morgan fingerprint density at radius 2 is 1.84 bits per heavy atom. The van der Waals surface area contributed by atoms with Crippen LogP contribution in [-0.2, 0) is 0 Å². The molecular formula is C23H28N8. The maximum atomic E-state index is 4.82. The molecule has 8 nitrogen and oxygen atoms in total. The van der Waals surface area contributed by atoms with Gasteiger partial charge in [0.25, 0.3) is 0 Å². The maximum absolute atomic E-state index is 4.82. The molecule has 0 amide bonds. The van der Waals surface area contributed by atoms with Gasteiger partial charge in [-0.3, -0.25) is 9.88 Å². The molecule has 6 heterocycles. The summed E-state index contributed by atoms with van der Waals surface area (Å²) in [4.78, 5) is 17.8. The molecule has 0 unspecified atom stereocenters. The number of aromatic amines is 1. The van der Waals surface area contributed by atoms with E-state index in [-0.39, 0.29) is 0 Å². The zero-order chi connectivity index (χ0) is 20.8. The number of hydrogen-bond acceptors (Lipinski definition) is 6. The van der Waals surface area contributed by atoms with Crippen LogP contribution in [0.25, 0.3) is 27.8 Å². The number of piperidine rings is 1. The second kappa shape index (κ2) is 7.62. The molecule has 8 heteroatoms. The van der Waals surface area contributed by atoms with Crippen molar-refractivity contribution in [3.05, 3.63) is 42.6 Å². The average molecular weight is 417 g/mol. The third-order valence-corrected chi connectivity index (χ3v) is 6.79. The predicted molar refractivity (Wildman–Crippen MR) is 122 cm³/mol. The van der Waals surface area contributed by atoms with Crippen LogP contribution in [0.5, 0.6) is 0 Å². The summed E-state index contributed by atoms with van der Waals surface area (Å²) in [6.45, 7) is 8.79. The SMILES string of the molecule is Cc1cc2nccc(-c3cnn4cc(N5CCC(N6CCNCC6)CC5)cnc34)c2[nH]1. The van der Waals surface area contributed by atoms with Crippen LogP contribution in [0.15, 0.2) is 36.9 Å². The monoisotopic (exact) mass is 416 g/mol. The van der Waals surface area contributed by atoms with Gasteiger partial charge in [-0.25, -0.2) is 9.50 Å². The van der Waals surface area contributed by atoms with Crippen LogP contribution < -0.4 is 10.2 Å². The number of piperazine rings is 1. The molecule has 2 N–H and O–H groups in total. The number of aryl methyl sites for hydroxylation is 1. The molecule has 0 spiro atoms. The van der Waals surface area contributed by atoms with E-state index >= 15 is 0 Å². The second-order valence-corrected chi connectivity index (χ2v) is 8.71. The molecule has 0 bridgehead atoms. The largest absolute Gasteiger partial charge is 0.369 e. The zero-order valence-corrected chi connectivity index (χ0v) is 17.9. The first-order valence-electron chi connectivity index (χ1n) is 11.2. The van der Waals surface area contributed by atoms with E-state index in [0.29, 0.717) is 6.04 Å². The van der Waals surface area contributed by atoms with Crippen molar-refractivity contribution < 1.29 is 0 Å². The van der Waals surface area contributed by atoms with E-state index in [0.717, 1.165) is 65.4 Å². The Balaban J connectivity index is 1.25. The number of rotatable bonds is 3. The number of pyridine rings is 1. The van der Waals surface area contributed by atoms with E-state index in [4.69, 9.17) is 4.98 Å². The Hall–Kier alpha value is -2.97. The fraction of sp³-hybridized carbons (Fsp3) is 0.435. The fourth-order valence-electron chi connectivity index (χ4n) is 5.14. The summed E-state index contributed by atoms with van der Waals surface area (Å²) in [6.07, 6.45) is 10.3. The van der Waals surface area contributed by atoms with Crippen LogP contribution in [0.4, 0.5) is 5.69 Å². The maximum Gasteiger partial charge on any atom is 0.163 e. The van der Waals surface area contributed by atoms with Gasteiger partial charge in [-0.15, -0.1) is 0 Å². The van der Waals surface area contributed by atoms with Crippen LogP contribution >= 0.6 is 0 Å². The summed E-state index contributed by atoms with van der Waals surface area (Å²) < 4.78 is 1.91. The molecule has 31 heavy (non-hydrogen) atoms. The zero-order valence-electron chi connectivity index (χ0n) is 17.9. The Morgan fingerprint density at radius 1 is 1.00 bits per heavy atom. The highest BCUT2D eigenvalue weighted by atomic mass is 15.3. The number of fused-ring (bicyclic) bond motifs is 2.